The average molecular weight is 643 g/mol. The molecule has 9 aromatic rings. The first-order valence-electron chi connectivity index (χ1n) is 15.5. The Balaban J connectivity index is 1.29. The molecule has 3 nitrogen and oxygen atoms in total. The lowest BCUT2D eigenvalue weighted by molar-refractivity contribution is 0.669. The SMILES string of the molecule is Clc1cc(N(c2ccccc2)c2cccc3c2oc2c(N(c4ccccc4)c4ccccc4)cccc23)cc2sc3ccccc3c12. The van der Waals surface area contributed by atoms with Crippen LogP contribution < -0.4 is 9.80 Å². The van der Waals surface area contributed by atoms with Crippen LogP contribution in [0.5, 0.6) is 0 Å². The number of furan rings is 1. The second kappa shape index (κ2) is 11.4. The van der Waals surface area contributed by atoms with E-state index >= 15 is 0 Å². The van der Waals surface area contributed by atoms with E-state index in [9.17, 15) is 0 Å². The molecule has 0 aliphatic carbocycles. The molecule has 0 bridgehead atoms. The summed E-state index contributed by atoms with van der Waals surface area (Å²) in [5, 5.41) is 5.12. The quantitative estimate of drug-likeness (QED) is 0.180. The Morgan fingerprint density at radius 3 is 1.45 bits per heavy atom. The van der Waals surface area contributed by atoms with Crippen molar-refractivity contribution in [3.8, 4) is 0 Å². The van der Waals surface area contributed by atoms with Crippen molar-refractivity contribution in [1.82, 2.24) is 0 Å². The molecule has 0 radical (unpaired) electrons. The molecule has 0 fully saturated rings. The molecule has 0 amide bonds. The maximum atomic E-state index is 7.11. The number of hydrogen-bond acceptors (Lipinski definition) is 4. The Bertz CT molecular complexity index is 2500. The lowest BCUT2D eigenvalue weighted by Gasteiger charge is -2.26. The largest absolute Gasteiger partial charge is 0.452 e. The minimum atomic E-state index is 0.733. The molecule has 2 aromatic heterocycles. The first-order valence-corrected chi connectivity index (χ1v) is 16.7. The predicted octanol–water partition coefficient (Wildman–Crippen LogP) is 13.5. The minimum absolute atomic E-state index is 0.733. The molecule has 0 aliphatic heterocycles. The van der Waals surface area contributed by atoms with Crippen LogP contribution >= 0.6 is 22.9 Å². The topological polar surface area (TPSA) is 19.6 Å². The normalized spacial score (nSPS) is 11.5. The van der Waals surface area contributed by atoms with Gasteiger partial charge in [0.15, 0.2) is 11.2 Å². The highest BCUT2D eigenvalue weighted by atomic mass is 35.5. The Hall–Kier alpha value is -5.55. The van der Waals surface area contributed by atoms with Crippen molar-refractivity contribution in [2.45, 2.75) is 0 Å². The molecule has 9 rings (SSSR count). The van der Waals surface area contributed by atoms with Gasteiger partial charge in [-0.05, 0) is 66.7 Å². The fraction of sp³-hybridized carbons (Fsp3) is 0. The van der Waals surface area contributed by atoms with E-state index in [1.54, 1.807) is 11.3 Å². The van der Waals surface area contributed by atoms with E-state index in [4.69, 9.17) is 16.0 Å². The summed E-state index contributed by atoms with van der Waals surface area (Å²) in [7, 11) is 0. The second-order valence-corrected chi connectivity index (χ2v) is 13.0. The van der Waals surface area contributed by atoms with Gasteiger partial charge in [-0.2, -0.15) is 0 Å². The van der Waals surface area contributed by atoms with Gasteiger partial charge in [0.2, 0.25) is 0 Å². The van der Waals surface area contributed by atoms with E-state index in [1.165, 1.54) is 10.1 Å². The lowest BCUT2D eigenvalue weighted by atomic mass is 10.1. The zero-order valence-corrected chi connectivity index (χ0v) is 26.7. The van der Waals surface area contributed by atoms with Gasteiger partial charge >= 0.3 is 0 Å². The maximum Gasteiger partial charge on any atom is 0.159 e. The second-order valence-electron chi connectivity index (χ2n) is 11.5. The summed E-state index contributed by atoms with van der Waals surface area (Å²) in [4.78, 5) is 4.51. The van der Waals surface area contributed by atoms with Gasteiger partial charge in [-0.3, -0.25) is 0 Å². The summed E-state index contributed by atoms with van der Waals surface area (Å²) >= 11 is 8.87. The van der Waals surface area contributed by atoms with Crippen molar-refractivity contribution in [1.29, 1.82) is 0 Å². The summed E-state index contributed by atoms with van der Waals surface area (Å²) < 4.78 is 9.39. The monoisotopic (exact) mass is 642 g/mol. The van der Waals surface area contributed by atoms with Gasteiger partial charge in [0, 0.05) is 53.7 Å². The molecule has 0 saturated heterocycles. The molecule has 7 aromatic carbocycles. The zero-order valence-electron chi connectivity index (χ0n) is 25.2. The van der Waals surface area contributed by atoms with E-state index in [-0.39, 0.29) is 0 Å². The highest BCUT2D eigenvalue weighted by molar-refractivity contribution is 7.26. The van der Waals surface area contributed by atoms with Crippen molar-refractivity contribution in [3.05, 3.63) is 169 Å². The van der Waals surface area contributed by atoms with Crippen LogP contribution in [0.15, 0.2) is 168 Å². The highest BCUT2D eigenvalue weighted by Crippen LogP contribution is 2.48. The van der Waals surface area contributed by atoms with Gasteiger partial charge in [-0.15, -0.1) is 11.3 Å². The van der Waals surface area contributed by atoms with Gasteiger partial charge in [0.1, 0.15) is 0 Å². The van der Waals surface area contributed by atoms with Gasteiger partial charge < -0.3 is 14.2 Å². The molecule has 0 spiro atoms. The molecule has 5 heteroatoms. The van der Waals surface area contributed by atoms with Crippen LogP contribution in [0.4, 0.5) is 34.1 Å². The smallest absolute Gasteiger partial charge is 0.159 e. The van der Waals surface area contributed by atoms with Crippen molar-refractivity contribution in [2.75, 3.05) is 9.80 Å². The summed E-state index contributed by atoms with van der Waals surface area (Å²) in [6, 6.07) is 56.9. The van der Waals surface area contributed by atoms with Crippen LogP contribution in [-0.2, 0) is 0 Å². The Kier molecular flexibility index (Phi) is 6.70. The average Bonchev–Trinajstić information content (AvgIpc) is 3.70. The number of fused-ring (bicyclic) bond motifs is 6. The summed E-state index contributed by atoms with van der Waals surface area (Å²) in [6.45, 7) is 0. The molecular formula is C42H27ClN2OS. The summed E-state index contributed by atoms with van der Waals surface area (Å²) in [5.74, 6) is 0. The Morgan fingerprint density at radius 2 is 0.894 bits per heavy atom. The van der Waals surface area contributed by atoms with Crippen LogP contribution in [-0.4, -0.2) is 0 Å². The molecule has 0 saturated carbocycles. The van der Waals surface area contributed by atoms with Crippen molar-refractivity contribution >= 4 is 99.2 Å². The Labute approximate surface area is 281 Å². The first-order chi connectivity index (χ1) is 23.2. The third-order valence-electron chi connectivity index (χ3n) is 8.68. The minimum Gasteiger partial charge on any atom is -0.452 e. The highest BCUT2D eigenvalue weighted by Gasteiger charge is 2.24. The van der Waals surface area contributed by atoms with Crippen LogP contribution in [0, 0.1) is 0 Å². The third-order valence-corrected chi connectivity index (χ3v) is 10.1. The van der Waals surface area contributed by atoms with E-state index in [0.717, 1.165) is 71.2 Å². The van der Waals surface area contributed by atoms with E-state index in [1.807, 2.05) is 18.2 Å². The van der Waals surface area contributed by atoms with Crippen molar-refractivity contribution < 1.29 is 4.42 Å². The summed E-state index contributed by atoms with van der Waals surface area (Å²) in [6.07, 6.45) is 0. The Morgan fingerprint density at radius 1 is 0.426 bits per heavy atom. The first kappa shape index (κ1) is 27.7. The predicted molar refractivity (Wildman–Crippen MR) is 201 cm³/mol. The zero-order chi connectivity index (χ0) is 31.3. The van der Waals surface area contributed by atoms with Crippen molar-refractivity contribution in [2.24, 2.45) is 0 Å². The molecule has 0 unspecified atom stereocenters. The van der Waals surface area contributed by atoms with Crippen LogP contribution in [0.2, 0.25) is 5.02 Å². The molecule has 0 aliphatic rings. The lowest BCUT2D eigenvalue weighted by Crippen LogP contribution is -2.10. The number of halogens is 1. The third kappa shape index (κ3) is 4.65. The van der Waals surface area contributed by atoms with Crippen molar-refractivity contribution in [3.63, 3.8) is 0 Å². The van der Waals surface area contributed by atoms with Gasteiger partial charge in [0.25, 0.3) is 0 Å². The van der Waals surface area contributed by atoms with Gasteiger partial charge in [0.05, 0.1) is 16.4 Å². The van der Waals surface area contributed by atoms with Crippen LogP contribution in [0.1, 0.15) is 0 Å². The molecular weight excluding hydrogens is 616 g/mol. The molecule has 2 heterocycles. The van der Waals surface area contributed by atoms with E-state index in [2.05, 4.69) is 155 Å². The fourth-order valence-electron chi connectivity index (χ4n) is 6.65. The summed E-state index contributed by atoms with van der Waals surface area (Å²) in [5.41, 5.74) is 7.67. The number of rotatable bonds is 6. The van der Waals surface area contributed by atoms with Gasteiger partial charge in [-0.25, -0.2) is 0 Å². The number of para-hydroxylation sites is 5. The van der Waals surface area contributed by atoms with E-state index < -0.39 is 0 Å². The van der Waals surface area contributed by atoms with Crippen LogP contribution in [0.3, 0.4) is 0 Å². The molecule has 0 N–H and O–H groups in total. The van der Waals surface area contributed by atoms with E-state index in [0.29, 0.717) is 0 Å². The molecule has 47 heavy (non-hydrogen) atoms. The number of thiophene rings is 1. The fourth-order valence-corrected chi connectivity index (χ4v) is 8.18. The number of nitrogens with zero attached hydrogens (tertiary/aromatic N) is 2. The molecule has 224 valence electrons. The maximum absolute atomic E-state index is 7.11. The number of anilines is 6. The number of benzene rings is 7. The van der Waals surface area contributed by atoms with Crippen LogP contribution in [0.25, 0.3) is 42.1 Å². The molecule has 0 atom stereocenters. The van der Waals surface area contributed by atoms with Gasteiger partial charge in [-0.1, -0.05) is 109 Å². The standard InChI is InChI=1S/C42H27ClN2OS/c43-35-26-31(27-39-40(35)34-20-10-11-25-38(34)47-39)45(30-18-8-3-9-19-30)37-24-13-22-33-32-21-12-23-36(41(32)46-42(33)37)44(28-14-4-1-5-15-28)29-16-6-2-7-17-29/h1-27H. The number of hydrogen-bond donors (Lipinski definition) is 0.